The van der Waals surface area contributed by atoms with Crippen LogP contribution in [-0.2, 0) is 26.2 Å². The van der Waals surface area contributed by atoms with Crippen LogP contribution in [0.4, 0.5) is 21.2 Å². The molecule has 47 heavy (non-hydrogen) atoms. The number of rotatable bonds is 8. The van der Waals surface area contributed by atoms with E-state index in [4.69, 9.17) is 5.14 Å². The molecule has 4 amide bonds. The third-order valence-corrected chi connectivity index (χ3v) is 10.3. The number of aromatic nitrogens is 3. The first-order valence-corrected chi connectivity index (χ1v) is 17.0. The van der Waals surface area contributed by atoms with E-state index in [1.807, 2.05) is 0 Å². The molecule has 242 valence electrons. The Morgan fingerprint density at radius 3 is 2.66 bits per heavy atom. The summed E-state index contributed by atoms with van der Waals surface area (Å²) in [7, 11) is -2.19. The number of primary sulfonamides is 1. The van der Waals surface area contributed by atoms with Gasteiger partial charge in [-0.15, -0.1) is 0 Å². The maximum atomic E-state index is 15.0. The molecule has 4 heterocycles. The fourth-order valence-electron chi connectivity index (χ4n) is 5.27. The molecule has 2 aliphatic rings. The second-order valence-corrected chi connectivity index (χ2v) is 14.2. The van der Waals surface area contributed by atoms with E-state index in [1.165, 1.54) is 29.5 Å². The van der Waals surface area contributed by atoms with E-state index < -0.39 is 45.5 Å². The fourth-order valence-corrected chi connectivity index (χ4v) is 7.52. The van der Waals surface area contributed by atoms with E-state index >= 15 is 4.39 Å². The number of piperidine rings is 1. The molecule has 0 bridgehead atoms. The van der Waals surface area contributed by atoms with Gasteiger partial charge >= 0.3 is 0 Å². The van der Waals surface area contributed by atoms with E-state index in [0.717, 1.165) is 11.1 Å². The number of benzene rings is 2. The zero-order valence-corrected chi connectivity index (χ0v) is 27.8. The van der Waals surface area contributed by atoms with Gasteiger partial charge in [0.05, 0.1) is 32.8 Å². The molecule has 4 N–H and O–H groups in total. The Balaban J connectivity index is 1.23. The summed E-state index contributed by atoms with van der Waals surface area (Å²) < 4.78 is 38.8. The first kappa shape index (κ1) is 32.3. The van der Waals surface area contributed by atoms with E-state index in [0.29, 0.717) is 31.4 Å². The number of anilines is 3. The highest BCUT2D eigenvalue weighted by molar-refractivity contribution is 9.10. The Labute approximate surface area is 279 Å². The minimum Gasteiger partial charge on any atom is -0.347 e. The maximum absolute atomic E-state index is 15.0. The van der Waals surface area contributed by atoms with Crippen LogP contribution in [0, 0.1) is 12.7 Å². The van der Waals surface area contributed by atoms with Crippen molar-refractivity contribution < 1.29 is 32.0 Å². The topological polar surface area (TPSA) is 198 Å². The molecule has 2 aliphatic heterocycles. The summed E-state index contributed by atoms with van der Waals surface area (Å²) in [6.07, 6.45) is 1.06. The van der Waals surface area contributed by atoms with Crippen LogP contribution in [0.5, 0.6) is 0 Å². The summed E-state index contributed by atoms with van der Waals surface area (Å²) in [6.45, 7) is 1.95. The number of hydrogen-bond donors (Lipinski definition) is 3. The standard InChI is InChI=1S/C29H24BrFN8O6S2/c1-13-24(23-19(31)11-33-28(37-23)35-15-4-3-5-16(10-15)47(32,44)45)46-29(34-13)38(2)12-14-8-17-22(18(30)9-14)27(43)39(26(17)42)20-6-7-21(40)36-25(20)41/h3-5,8-11,20H,6-7,12H2,1-2H3,(H2,32,44,45)(H,33,35,37)(H,36,40,41). The minimum atomic E-state index is -3.94. The fraction of sp³-hybridized carbons (Fsp3) is 0.207. The van der Waals surface area contributed by atoms with Gasteiger partial charge in [0.2, 0.25) is 27.8 Å². The Morgan fingerprint density at radius 1 is 1.17 bits per heavy atom. The first-order chi connectivity index (χ1) is 22.2. The zero-order chi connectivity index (χ0) is 33.8. The van der Waals surface area contributed by atoms with Crippen molar-refractivity contribution in [3.8, 4) is 10.6 Å². The van der Waals surface area contributed by atoms with Gasteiger partial charge < -0.3 is 10.2 Å². The molecule has 14 nitrogen and oxygen atoms in total. The molecule has 1 fully saturated rings. The smallest absolute Gasteiger partial charge is 0.263 e. The lowest BCUT2D eigenvalue weighted by Crippen LogP contribution is -2.54. The van der Waals surface area contributed by atoms with Crippen molar-refractivity contribution in [1.82, 2.24) is 25.2 Å². The minimum absolute atomic E-state index is 0.0159. The number of hydrogen-bond acceptors (Lipinski definition) is 12. The number of thiazole rings is 1. The molecular formula is C29H24BrFN8O6S2. The summed E-state index contributed by atoms with van der Waals surface area (Å²) in [6, 6.07) is 7.91. The Hall–Kier alpha value is -4.65. The lowest BCUT2D eigenvalue weighted by molar-refractivity contribution is -0.136. The number of imide groups is 2. The summed E-state index contributed by atoms with van der Waals surface area (Å²) in [4.78, 5) is 66.4. The highest BCUT2D eigenvalue weighted by Gasteiger charge is 2.45. The Kier molecular flexibility index (Phi) is 8.37. The highest BCUT2D eigenvalue weighted by Crippen LogP contribution is 2.37. The van der Waals surface area contributed by atoms with Crippen molar-refractivity contribution in [2.75, 3.05) is 17.3 Å². The molecule has 1 saturated heterocycles. The van der Waals surface area contributed by atoms with E-state index in [1.54, 1.807) is 37.1 Å². The molecule has 2 aromatic carbocycles. The monoisotopic (exact) mass is 742 g/mol. The zero-order valence-electron chi connectivity index (χ0n) is 24.6. The van der Waals surface area contributed by atoms with Crippen LogP contribution in [-0.4, -0.2) is 65.0 Å². The summed E-state index contributed by atoms with van der Waals surface area (Å²) >= 11 is 4.58. The average molecular weight is 744 g/mol. The number of carbonyl (C=O) groups is 4. The SMILES string of the molecule is Cc1nc(N(C)Cc2cc(Br)c3c(c2)C(=O)N(C2CCC(=O)NC2=O)C3=O)sc1-c1nc(Nc2cccc(S(N)(=O)=O)c2)ncc1F. The second kappa shape index (κ2) is 12.2. The van der Waals surface area contributed by atoms with Crippen LogP contribution in [0.2, 0.25) is 0 Å². The number of amides is 4. The third-order valence-electron chi connectivity index (χ3n) is 7.46. The molecule has 2 aromatic heterocycles. The van der Waals surface area contributed by atoms with Crippen molar-refractivity contribution in [3.63, 3.8) is 0 Å². The number of carbonyl (C=O) groups excluding carboxylic acids is 4. The van der Waals surface area contributed by atoms with E-state index in [9.17, 15) is 27.6 Å². The summed E-state index contributed by atoms with van der Waals surface area (Å²) in [5.41, 5.74) is 1.73. The predicted molar refractivity (Wildman–Crippen MR) is 172 cm³/mol. The molecule has 0 spiro atoms. The van der Waals surface area contributed by atoms with Crippen LogP contribution in [0.1, 0.15) is 44.8 Å². The van der Waals surface area contributed by atoms with Gasteiger partial charge in [-0.3, -0.25) is 29.4 Å². The lowest BCUT2D eigenvalue weighted by atomic mass is 10.0. The largest absolute Gasteiger partial charge is 0.347 e. The normalized spacial score (nSPS) is 16.4. The van der Waals surface area contributed by atoms with E-state index in [-0.39, 0.29) is 47.1 Å². The van der Waals surface area contributed by atoms with Crippen molar-refractivity contribution >= 4 is 77.7 Å². The van der Waals surface area contributed by atoms with Crippen LogP contribution in [0.15, 0.2) is 52.0 Å². The molecular weight excluding hydrogens is 719 g/mol. The van der Waals surface area contributed by atoms with E-state index in [2.05, 4.69) is 41.5 Å². The molecule has 0 aliphatic carbocycles. The first-order valence-electron chi connectivity index (χ1n) is 13.9. The van der Waals surface area contributed by atoms with Gasteiger partial charge in [0.25, 0.3) is 11.8 Å². The number of nitrogens with zero attached hydrogens (tertiary/aromatic N) is 5. The van der Waals surface area contributed by atoms with Crippen molar-refractivity contribution in [2.24, 2.45) is 5.14 Å². The quantitative estimate of drug-likeness (QED) is 0.224. The van der Waals surface area contributed by atoms with Crippen LogP contribution >= 0.6 is 27.3 Å². The summed E-state index contributed by atoms with van der Waals surface area (Å²) in [5.74, 6) is -3.07. The van der Waals surface area contributed by atoms with Gasteiger partial charge in [-0.25, -0.2) is 32.9 Å². The molecule has 1 unspecified atom stereocenters. The van der Waals surface area contributed by atoms with Gasteiger partial charge in [0.1, 0.15) is 11.7 Å². The number of fused-ring (bicyclic) bond motifs is 1. The maximum Gasteiger partial charge on any atom is 0.263 e. The van der Waals surface area contributed by atoms with Crippen molar-refractivity contribution in [3.05, 3.63) is 75.3 Å². The second-order valence-electron chi connectivity index (χ2n) is 10.8. The van der Waals surface area contributed by atoms with Crippen LogP contribution < -0.4 is 20.7 Å². The van der Waals surface area contributed by atoms with Gasteiger partial charge in [-0.05, 0) is 65.2 Å². The molecule has 0 radical (unpaired) electrons. The molecule has 18 heteroatoms. The molecule has 0 saturated carbocycles. The number of halogens is 2. The molecule has 4 aromatic rings. The van der Waals surface area contributed by atoms with Crippen molar-refractivity contribution in [1.29, 1.82) is 0 Å². The lowest BCUT2D eigenvalue weighted by Gasteiger charge is -2.27. The van der Waals surface area contributed by atoms with Crippen molar-refractivity contribution in [2.45, 2.75) is 37.2 Å². The van der Waals surface area contributed by atoms with Crippen LogP contribution in [0.3, 0.4) is 0 Å². The van der Waals surface area contributed by atoms with Gasteiger partial charge in [0.15, 0.2) is 10.9 Å². The number of aryl methyl sites for hydroxylation is 1. The number of nitrogens with one attached hydrogen (secondary N) is 2. The van der Waals surface area contributed by atoms with Gasteiger partial charge in [0, 0.05) is 30.2 Å². The van der Waals surface area contributed by atoms with Gasteiger partial charge in [-0.1, -0.05) is 17.4 Å². The Bertz CT molecular complexity index is 2130. The number of sulfonamides is 1. The predicted octanol–water partition coefficient (Wildman–Crippen LogP) is 3.24. The van der Waals surface area contributed by atoms with Gasteiger partial charge in [-0.2, -0.15) is 0 Å². The number of nitrogens with two attached hydrogens (primary N) is 1. The third kappa shape index (κ3) is 6.23. The molecule has 6 rings (SSSR count). The average Bonchev–Trinajstić information content (AvgIpc) is 3.51. The summed E-state index contributed by atoms with van der Waals surface area (Å²) in [5, 5.41) is 10.8. The van der Waals surface area contributed by atoms with Crippen LogP contribution in [0.25, 0.3) is 10.6 Å². The highest BCUT2D eigenvalue weighted by atomic mass is 79.9. The molecule has 1 atom stereocenters. The Morgan fingerprint density at radius 2 is 1.94 bits per heavy atom.